The highest BCUT2D eigenvalue weighted by atomic mass is 127. The summed E-state index contributed by atoms with van der Waals surface area (Å²) in [7, 11) is 1.68. The third kappa shape index (κ3) is 7.64. The van der Waals surface area contributed by atoms with E-state index in [0.717, 1.165) is 22.6 Å². The number of guanidine groups is 1. The highest BCUT2D eigenvalue weighted by molar-refractivity contribution is 14.0. The molecule has 0 saturated carbocycles. The topological polar surface area (TPSA) is 78.1 Å². The van der Waals surface area contributed by atoms with Gasteiger partial charge >= 0.3 is 0 Å². The van der Waals surface area contributed by atoms with Crippen LogP contribution in [-0.2, 0) is 17.9 Å². The number of nitrogens with one attached hydrogen (secondary N) is 1. The fraction of sp³-hybridized carbons (Fsp3) is 0.350. The van der Waals surface area contributed by atoms with Gasteiger partial charge in [0, 0.05) is 13.2 Å². The highest BCUT2D eigenvalue weighted by Crippen LogP contribution is 2.29. The molecule has 0 unspecified atom stereocenters. The van der Waals surface area contributed by atoms with Gasteiger partial charge < -0.3 is 25.3 Å². The summed E-state index contributed by atoms with van der Waals surface area (Å²) in [6.07, 6.45) is 0. The molecule has 148 valence electrons. The monoisotopic (exact) mass is 485 g/mol. The second kappa shape index (κ2) is 12.4. The largest absolute Gasteiger partial charge is 0.494 e. The third-order valence-electron chi connectivity index (χ3n) is 3.59. The van der Waals surface area contributed by atoms with Crippen LogP contribution in [0.1, 0.15) is 25.0 Å². The molecule has 0 aliphatic heterocycles. The van der Waals surface area contributed by atoms with Gasteiger partial charge in [-0.3, -0.25) is 0 Å². The van der Waals surface area contributed by atoms with Gasteiger partial charge in [-0.1, -0.05) is 24.3 Å². The van der Waals surface area contributed by atoms with Crippen LogP contribution in [0.25, 0.3) is 0 Å². The number of nitrogens with two attached hydrogens (primary N) is 1. The van der Waals surface area contributed by atoms with Crippen LogP contribution in [0.3, 0.4) is 0 Å². The maximum Gasteiger partial charge on any atom is 0.193 e. The lowest BCUT2D eigenvalue weighted by atomic mass is 10.1. The number of ether oxygens (including phenoxy) is 3. The molecule has 0 bridgehead atoms. The first kappa shape index (κ1) is 23.0. The number of halogens is 1. The SMILES string of the molecule is CCOc1ccc(OCC)c(NC(N)=NCc2ccc(COC)cc2)c1.I. The standard InChI is InChI=1S/C20H27N3O3.HI/c1-4-25-17-10-11-19(26-5-2)18(12-17)23-20(21)22-13-15-6-8-16(9-7-15)14-24-3;/h6-12H,4-5,13-14H2,1-3H3,(H3,21,22,23);1H. The van der Waals surface area contributed by atoms with Crippen LogP contribution in [0.5, 0.6) is 11.5 Å². The Balaban J connectivity index is 0.00000364. The number of aliphatic imine (C=N–C) groups is 1. The van der Waals surface area contributed by atoms with Crippen molar-refractivity contribution in [3.8, 4) is 11.5 Å². The predicted molar refractivity (Wildman–Crippen MR) is 120 cm³/mol. The van der Waals surface area contributed by atoms with E-state index in [9.17, 15) is 0 Å². The molecule has 0 aliphatic rings. The molecule has 0 aromatic heterocycles. The zero-order valence-corrected chi connectivity index (χ0v) is 18.4. The van der Waals surface area contributed by atoms with Gasteiger partial charge in [-0.05, 0) is 37.1 Å². The molecule has 0 radical (unpaired) electrons. The van der Waals surface area contributed by atoms with Gasteiger partial charge in [0.1, 0.15) is 11.5 Å². The number of hydrogen-bond acceptors (Lipinski definition) is 4. The lowest BCUT2D eigenvalue weighted by Crippen LogP contribution is -2.23. The molecular weight excluding hydrogens is 457 g/mol. The zero-order valence-electron chi connectivity index (χ0n) is 16.0. The molecule has 0 spiro atoms. The first-order valence-electron chi connectivity index (χ1n) is 8.69. The molecule has 0 heterocycles. The molecule has 2 aromatic rings. The Hall–Kier alpha value is -2.00. The summed E-state index contributed by atoms with van der Waals surface area (Å²) in [5, 5.41) is 3.10. The van der Waals surface area contributed by atoms with E-state index in [1.807, 2.05) is 56.3 Å². The second-order valence-electron chi connectivity index (χ2n) is 5.60. The summed E-state index contributed by atoms with van der Waals surface area (Å²) in [5.41, 5.74) is 8.97. The van der Waals surface area contributed by atoms with Crippen molar-refractivity contribution in [2.24, 2.45) is 10.7 Å². The Morgan fingerprint density at radius 1 is 1.00 bits per heavy atom. The van der Waals surface area contributed by atoms with E-state index in [1.165, 1.54) is 0 Å². The van der Waals surface area contributed by atoms with Gasteiger partial charge in [0.05, 0.1) is 32.1 Å². The van der Waals surface area contributed by atoms with Gasteiger partial charge in [0.2, 0.25) is 0 Å². The van der Waals surface area contributed by atoms with Gasteiger partial charge in [-0.2, -0.15) is 0 Å². The van der Waals surface area contributed by atoms with Crippen LogP contribution in [0, 0.1) is 0 Å². The number of anilines is 1. The van der Waals surface area contributed by atoms with Crippen molar-refractivity contribution >= 4 is 35.6 Å². The van der Waals surface area contributed by atoms with Crippen molar-refractivity contribution in [3.63, 3.8) is 0 Å². The van der Waals surface area contributed by atoms with Crippen LogP contribution in [0.4, 0.5) is 5.69 Å². The van der Waals surface area contributed by atoms with E-state index in [-0.39, 0.29) is 24.0 Å². The molecule has 0 saturated heterocycles. The minimum Gasteiger partial charge on any atom is -0.494 e. The quantitative estimate of drug-likeness (QED) is 0.317. The normalized spacial score (nSPS) is 10.9. The molecule has 3 N–H and O–H groups in total. The summed E-state index contributed by atoms with van der Waals surface area (Å²) in [6.45, 7) is 6.12. The molecule has 0 aliphatic carbocycles. The van der Waals surface area contributed by atoms with Crippen LogP contribution in [0.2, 0.25) is 0 Å². The fourth-order valence-electron chi connectivity index (χ4n) is 2.41. The lowest BCUT2D eigenvalue weighted by Gasteiger charge is -2.14. The summed E-state index contributed by atoms with van der Waals surface area (Å²) < 4.78 is 16.3. The molecule has 2 rings (SSSR count). The molecule has 0 amide bonds. The van der Waals surface area contributed by atoms with Gasteiger partial charge in [-0.25, -0.2) is 4.99 Å². The van der Waals surface area contributed by atoms with Crippen molar-refractivity contribution < 1.29 is 14.2 Å². The molecule has 2 aromatic carbocycles. The van der Waals surface area contributed by atoms with E-state index in [4.69, 9.17) is 19.9 Å². The summed E-state index contributed by atoms with van der Waals surface area (Å²) in [4.78, 5) is 4.40. The van der Waals surface area contributed by atoms with Crippen molar-refractivity contribution in [2.45, 2.75) is 27.0 Å². The number of hydrogen-bond donors (Lipinski definition) is 2. The Morgan fingerprint density at radius 2 is 1.67 bits per heavy atom. The fourth-order valence-corrected chi connectivity index (χ4v) is 2.41. The number of rotatable bonds is 9. The van der Waals surface area contributed by atoms with Gasteiger partial charge in [-0.15, -0.1) is 24.0 Å². The van der Waals surface area contributed by atoms with E-state index >= 15 is 0 Å². The molecule has 7 heteroatoms. The number of benzene rings is 2. The zero-order chi connectivity index (χ0) is 18.8. The van der Waals surface area contributed by atoms with E-state index in [1.54, 1.807) is 7.11 Å². The van der Waals surface area contributed by atoms with Crippen molar-refractivity contribution in [1.29, 1.82) is 0 Å². The molecule has 0 fully saturated rings. The maximum absolute atomic E-state index is 6.04. The Morgan fingerprint density at radius 3 is 2.30 bits per heavy atom. The van der Waals surface area contributed by atoms with Crippen LogP contribution >= 0.6 is 24.0 Å². The Labute approximate surface area is 178 Å². The molecular formula is C20H28IN3O3. The van der Waals surface area contributed by atoms with Crippen molar-refractivity contribution in [3.05, 3.63) is 53.6 Å². The minimum absolute atomic E-state index is 0. The second-order valence-corrected chi connectivity index (χ2v) is 5.60. The Kier molecular flexibility index (Phi) is 10.6. The van der Waals surface area contributed by atoms with Crippen LogP contribution in [-0.4, -0.2) is 26.3 Å². The summed E-state index contributed by atoms with van der Waals surface area (Å²) >= 11 is 0. The first-order valence-corrected chi connectivity index (χ1v) is 8.69. The summed E-state index contributed by atoms with van der Waals surface area (Å²) in [6, 6.07) is 13.7. The van der Waals surface area contributed by atoms with E-state index in [2.05, 4.69) is 10.3 Å². The third-order valence-corrected chi connectivity index (χ3v) is 3.59. The minimum atomic E-state index is 0. The average molecular weight is 485 g/mol. The van der Waals surface area contributed by atoms with Gasteiger partial charge in [0.25, 0.3) is 0 Å². The summed E-state index contributed by atoms with van der Waals surface area (Å²) in [5.74, 6) is 1.78. The van der Waals surface area contributed by atoms with Gasteiger partial charge in [0.15, 0.2) is 5.96 Å². The molecule has 27 heavy (non-hydrogen) atoms. The van der Waals surface area contributed by atoms with E-state index < -0.39 is 0 Å². The average Bonchev–Trinajstić information content (AvgIpc) is 2.64. The highest BCUT2D eigenvalue weighted by Gasteiger charge is 2.07. The lowest BCUT2D eigenvalue weighted by molar-refractivity contribution is 0.185. The van der Waals surface area contributed by atoms with Crippen molar-refractivity contribution in [2.75, 3.05) is 25.6 Å². The van der Waals surface area contributed by atoms with Crippen molar-refractivity contribution in [1.82, 2.24) is 0 Å². The first-order chi connectivity index (χ1) is 12.7. The molecule has 6 nitrogen and oxygen atoms in total. The van der Waals surface area contributed by atoms with E-state index in [0.29, 0.717) is 38.1 Å². The van der Waals surface area contributed by atoms with Crippen LogP contribution in [0.15, 0.2) is 47.5 Å². The molecule has 0 atom stereocenters. The van der Waals surface area contributed by atoms with Crippen LogP contribution < -0.4 is 20.5 Å². The maximum atomic E-state index is 6.04. The number of nitrogens with zero attached hydrogens (tertiary/aromatic N) is 1. The Bertz CT molecular complexity index is 721. The predicted octanol–water partition coefficient (Wildman–Crippen LogP) is 4.18. The number of methoxy groups -OCH3 is 1. The smallest absolute Gasteiger partial charge is 0.193 e.